The fourth-order valence-corrected chi connectivity index (χ4v) is 5.99. The van der Waals surface area contributed by atoms with Gasteiger partial charge in [-0.2, -0.15) is 5.26 Å². The van der Waals surface area contributed by atoms with E-state index in [0.29, 0.717) is 10.8 Å². The summed E-state index contributed by atoms with van der Waals surface area (Å²) in [6, 6.07) is 2.41. The number of fused-ring (bicyclic) bond motifs is 1. The molecule has 0 radical (unpaired) electrons. The maximum Gasteiger partial charge on any atom is 0.136 e. The summed E-state index contributed by atoms with van der Waals surface area (Å²) >= 11 is 1.72. The third kappa shape index (κ3) is 4.44. The van der Waals surface area contributed by atoms with Crippen molar-refractivity contribution in [3.05, 3.63) is 16.0 Å². The van der Waals surface area contributed by atoms with Crippen molar-refractivity contribution < 1.29 is 0 Å². The highest BCUT2D eigenvalue weighted by molar-refractivity contribution is 7.16. The molecule has 1 unspecified atom stereocenters. The van der Waals surface area contributed by atoms with Gasteiger partial charge in [0.15, 0.2) is 0 Å². The van der Waals surface area contributed by atoms with Crippen LogP contribution in [-0.2, 0) is 12.8 Å². The highest BCUT2D eigenvalue weighted by Crippen LogP contribution is 2.45. The molecule has 1 saturated carbocycles. The Morgan fingerprint density at radius 2 is 1.96 bits per heavy atom. The Balaban J connectivity index is 1.64. The standard InChI is InChI=1S/C21H31N3S/c1-20(2)10-7-11-21(3,13-20)14-23-15-24-19-17(12-22)16-8-5-4-6-9-18(16)25-19/h15H,4-11,13-14H2,1-3H3,(H,23,24). The molecule has 3 rings (SSSR count). The number of hydrogen-bond donors (Lipinski definition) is 1. The number of aryl methyl sites for hydroxylation is 1. The first-order valence-electron chi connectivity index (χ1n) is 9.73. The summed E-state index contributed by atoms with van der Waals surface area (Å²) in [5.74, 6) is 0. The summed E-state index contributed by atoms with van der Waals surface area (Å²) < 4.78 is 0. The second-order valence-corrected chi connectivity index (χ2v) is 10.1. The van der Waals surface area contributed by atoms with E-state index in [2.05, 4.69) is 37.1 Å². The molecule has 1 heterocycles. The van der Waals surface area contributed by atoms with E-state index >= 15 is 0 Å². The first-order chi connectivity index (χ1) is 11.9. The van der Waals surface area contributed by atoms with E-state index in [1.54, 1.807) is 11.3 Å². The van der Waals surface area contributed by atoms with Crippen LogP contribution in [0, 0.1) is 22.2 Å². The first-order valence-corrected chi connectivity index (χ1v) is 10.5. The molecule has 4 heteroatoms. The van der Waals surface area contributed by atoms with E-state index < -0.39 is 0 Å². The van der Waals surface area contributed by atoms with E-state index in [0.717, 1.165) is 30.0 Å². The zero-order valence-electron chi connectivity index (χ0n) is 16.0. The van der Waals surface area contributed by atoms with Crippen molar-refractivity contribution in [3.8, 4) is 6.07 Å². The van der Waals surface area contributed by atoms with Gasteiger partial charge in [-0.3, -0.25) is 0 Å². The third-order valence-corrected chi connectivity index (χ3v) is 7.06. The van der Waals surface area contributed by atoms with Crippen molar-refractivity contribution in [1.29, 1.82) is 5.26 Å². The average molecular weight is 358 g/mol. The lowest BCUT2D eigenvalue weighted by Gasteiger charge is -2.42. The van der Waals surface area contributed by atoms with E-state index in [1.165, 1.54) is 55.4 Å². The van der Waals surface area contributed by atoms with Crippen LogP contribution in [-0.4, -0.2) is 12.9 Å². The molecule has 3 nitrogen and oxygen atoms in total. The van der Waals surface area contributed by atoms with Crippen molar-refractivity contribution in [1.82, 2.24) is 5.32 Å². The highest BCUT2D eigenvalue weighted by Gasteiger charge is 2.36. The summed E-state index contributed by atoms with van der Waals surface area (Å²) in [7, 11) is 0. The molecule has 0 bridgehead atoms. The maximum absolute atomic E-state index is 9.58. The monoisotopic (exact) mass is 357 g/mol. The van der Waals surface area contributed by atoms with Crippen molar-refractivity contribution >= 4 is 22.7 Å². The smallest absolute Gasteiger partial charge is 0.136 e. The summed E-state index contributed by atoms with van der Waals surface area (Å²) in [5, 5.41) is 13.9. The lowest BCUT2D eigenvalue weighted by atomic mass is 9.64. The predicted molar refractivity (Wildman–Crippen MR) is 107 cm³/mol. The number of aliphatic imine (C=N–C) groups is 1. The predicted octanol–water partition coefficient (Wildman–Crippen LogP) is 5.74. The van der Waals surface area contributed by atoms with Gasteiger partial charge in [0.1, 0.15) is 11.1 Å². The van der Waals surface area contributed by atoms with Gasteiger partial charge < -0.3 is 5.32 Å². The van der Waals surface area contributed by atoms with Gasteiger partial charge in [0.05, 0.1) is 11.9 Å². The SMILES string of the molecule is CC1(C)CCCC(C)(CN/C=N/c2sc3c(c2C#N)CCCCC3)C1. The van der Waals surface area contributed by atoms with E-state index in [4.69, 9.17) is 0 Å². The van der Waals surface area contributed by atoms with Crippen LogP contribution in [0.3, 0.4) is 0 Å². The van der Waals surface area contributed by atoms with Crippen molar-refractivity contribution in [2.45, 2.75) is 78.6 Å². The molecule has 136 valence electrons. The number of thiophene rings is 1. The third-order valence-electron chi connectivity index (χ3n) is 5.86. The van der Waals surface area contributed by atoms with Gasteiger partial charge in [0.2, 0.25) is 0 Å². The molecule has 0 aliphatic heterocycles. The lowest BCUT2D eigenvalue weighted by molar-refractivity contribution is 0.103. The Hall–Kier alpha value is -1.34. The van der Waals surface area contributed by atoms with Crippen LogP contribution < -0.4 is 5.32 Å². The Bertz CT molecular complexity index is 680. The van der Waals surface area contributed by atoms with Crippen molar-refractivity contribution in [2.75, 3.05) is 6.54 Å². The molecule has 2 aliphatic carbocycles. The van der Waals surface area contributed by atoms with Crippen LogP contribution >= 0.6 is 11.3 Å². The highest BCUT2D eigenvalue weighted by atomic mass is 32.1. The Kier molecular flexibility index (Phi) is 5.53. The summed E-state index contributed by atoms with van der Waals surface area (Å²) in [6.07, 6.45) is 12.9. The molecule has 0 saturated heterocycles. The van der Waals surface area contributed by atoms with Gasteiger partial charge in [0, 0.05) is 11.4 Å². The number of nitrogens with zero attached hydrogens (tertiary/aromatic N) is 2. The molecule has 25 heavy (non-hydrogen) atoms. The zero-order valence-corrected chi connectivity index (χ0v) is 16.8. The minimum atomic E-state index is 0.346. The van der Waals surface area contributed by atoms with Crippen LogP contribution in [0.5, 0.6) is 0 Å². The summed E-state index contributed by atoms with van der Waals surface area (Å²) in [4.78, 5) is 6.02. The van der Waals surface area contributed by atoms with E-state index in [9.17, 15) is 5.26 Å². The topological polar surface area (TPSA) is 48.2 Å². The molecule has 1 N–H and O–H groups in total. The summed E-state index contributed by atoms with van der Waals surface area (Å²) in [5.41, 5.74) is 2.90. The number of nitriles is 1. The van der Waals surface area contributed by atoms with Gasteiger partial charge in [-0.15, -0.1) is 11.3 Å². The number of rotatable bonds is 4. The van der Waals surface area contributed by atoms with Crippen molar-refractivity contribution in [2.24, 2.45) is 15.8 Å². The van der Waals surface area contributed by atoms with E-state index in [-0.39, 0.29) is 0 Å². The van der Waals surface area contributed by atoms with Gasteiger partial charge >= 0.3 is 0 Å². The number of nitrogens with one attached hydrogen (secondary N) is 1. The normalized spacial score (nSPS) is 26.0. The molecule has 1 aromatic heterocycles. The van der Waals surface area contributed by atoms with Crippen LogP contribution in [0.25, 0.3) is 0 Å². The molecule has 0 spiro atoms. The van der Waals surface area contributed by atoms with Crippen LogP contribution in [0.1, 0.15) is 81.7 Å². The fraction of sp³-hybridized carbons (Fsp3) is 0.714. The number of hydrogen-bond acceptors (Lipinski definition) is 3. The van der Waals surface area contributed by atoms with Gasteiger partial charge in [-0.05, 0) is 61.3 Å². The molecule has 0 amide bonds. The minimum Gasteiger partial charge on any atom is -0.375 e. The molecule has 1 aromatic rings. The lowest BCUT2D eigenvalue weighted by Crippen LogP contribution is -2.38. The largest absolute Gasteiger partial charge is 0.375 e. The van der Waals surface area contributed by atoms with Gasteiger partial charge in [-0.1, -0.05) is 33.6 Å². The molecule has 1 atom stereocenters. The van der Waals surface area contributed by atoms with Gasteiger partial charge in [0.25, 0.3) is 0 Å². The second kappa shape index (κ2) is 7.50. The quantitative estimate of drug-likeness (QED) is 0.424. The average Bonchev–Trinajstić information content (AvgIpc) is 2.70. The van der Waals surface area contributed by atoms with Gasteiger partial charge in [-0.25, -0.2) is 4.99 Å². The molecule has 2 aliphatic rings. The minimum absolute atomic E-state index is 0.346. The Morgan fingerprint density at radius 3 is 2.72 bits per heavy atom. The van der Waals surface area contributed by atoms with Crippen LogP contribution in [0.4, 0.5) is 5.00 Å². The van der Waals surface area contributed by atoms with Crippen LogP contribution in [0.2, 0.25) is 0 Å². The first kappa shape index (κ1) is 18.5. The van der Waals surface area contributed by atoms with Crippen LogP contribution in [0.15, 0.2) is 4.99 Å². The van der Waals surface area contributed by atoms with E-state index in [1.807, 2.05) is 6.34 Å². The summed E-state index contributed by atoms with van der Waals surface area (Å²) in [6.45, 7) is 8.13. The molecular formula is C21H31N3S. The fourth-order valence-electron chi connectivity index (χ4n) is 4.81. The molecular weight excluding hydrogens is 326 g/mol. The maximum atomic E-state index is 9.58. The van der Waals surface area contributed by atoms with Crippen molar-refractivity contribution in [3.63, 3.8) is 0 Å². The molecule has 0 aromatic carbocycles. The Labute approximate surface area is 156 Å². The Morgan fingerprint density at radius 1 is 1.16 bits per heavy atom. The zero-order chi connectivity index (χ0) is 17.9. The second-order valence-electron chi connectivity index (χ2n) is 9.00. The molecule has 1 fully saturated rings.